The zero-order chi connectivity index (χ0) is 10.5. The number of unbranched alkanes of at least 4 members (excludes halogenated alkanes) is 8. The number of rotatable bonds is 10. The second-order valence-electron chi connectivity index (χ2n) is 3.95. The molecule has 0 fully saturated rings. The van der Waals surface area contributed by atoms with Gasteiger partial charge in [0.15, 0.2) is 0 Å². The van der Waals surface area contributed by atoms with Gasteiger partial charge in [-0.25, -0.2) is 0 Å². The van der Waals surface area contributed by atoms with Crippen molar-refractivity contribution in [2.24, 2.45) is 0 Å². The van der Waals surface area contributed by atoms with Gasteiger partial charge < -0.3 is 5.32 Å². The molecule has 0 atom stereocenters. The lowest BCUT2D eigenvalue weighted by Gasteiger charge is -1.99. The van der Waals surface area contributed by atoms with Gasteiger partial charge in [0.1, 0.15) is 0 Å². The third-order valence-electron chi connectivity index (χ3n) is 2.51. The first-order valence-corrected chi connectivity index (χ1v) is 6.24. The van der Waals surface area contributed by atoms with Crippen molar-refractivity contribution in [3.63, 3.8) is 0 Å². The van der Waals surface area contributed by atoms with Gasteiger partial charge in [-0.15, -0.1) is 0 Å². The first kappa shape index (κ1) is 13.5. The fourth-order valence-electron chi connectivity index (χ4n) is 1.60. The van der Waals surface area contributed by atoms with E-state index >= 15 is 0 Å². The van der Waals surface area contributed by atoms with Gasteiger partial charge in [-0.05, 0) is 19.0 Å². The third-order valence-corrected chi connectivity index (χ3v) is 2.51. The van der Waals surface area contributed by atoms with Crippen LogP contribution in [-0.4, -0.2) is 7.05 Å². The molecule has 0 aromatic carbocycles. The molecule has 0 aliphatic carbocycles. The lowest BCUT2D eigenvalue weighted by Crippen LogP contribution is -1.90. The maximum Gasteiger partial charge on any atom is 0.00276 e. The van der Waals surface area contributed by atoms with Gasteiger partial charge in [0.2, 0.25) is 0 Å². The number of hydrogen-bond donors (Lipinski definition) is 1. The Kier molecular flexibility index (Phi) is 12.1. The van der Waals surface area contributed by atoms with Crippen molar-refractivity contribution in [1.29, 1.82) is 0 Å². The molecular formula is C13H27N. The summed E-state index contributed by atoms with van der Waals surface area (Å²) in [4.78, 5) is 0. The average molecular weight is 197 g/mol. The van der Waals surface area contributed by atoms with Crippen molar-refractivity contribution in [3.05, 3.63) is 12.3 Å². The molecule has 0 aliphatic rings. The molecule has 0 amide bonds. The molecule has 0 aromatic rings. The van der Waals surface area contributed by atoms with Crippen molar-refractivity contribution < 1.29 is 0 Å². The highest BCUT2D eigenvalue weighted by molar-refractivity contribution is 4.77. The smallest absolute Gasteiger partial charge is 0.00276 e. The largest absolute Gasteiger partial charge is 0.394 e. The van der Waals surface area contributed by atoms with Crippen molar-refractivity contribution in [3.8, 4) is 0 Å². The Balaban J connectivity index is 2.88. The summed E-state index contributed by atoms with van der Waals surface area (Å²) in [7, 11) is 1.95. The van der Waals surface area contributed by atoms with Crippen molar-refractivity contribution in [1.82, 2.24) is 5.32 Å². The van der Waals surface area contributed by atoms with Crippen LogP contribution in [0.4, 0.5) is 0 Å². The summed E-state index contributed by atoms with van der Waals surface area (Å²) in [5.41, 5.74) is 0. The number of hydrogen-bond acceptors (Lipinski definition) is 1. The molecule has 0 spiro atoms. The van der Waals surface area contributed by atoms with E-state index in [9.17, 15) is 0 Å². The molecule has 0 aromatic heterocycles. The van der Waals surface area contributed by atoms with E-state index in [0.717, 1.165) is 0 Å². The van der Waals surface area contributed by atoms with E-state index in [2.05, 4.69) is 18.3 Å². The Hall–Kier alpha value is -0.460. The lowest BCUT2D eigenvalue weighted by molar-refractivity contribution is 0.577. The Morgan fingerprint density at radius 1 is 0.857 bits per heavy atom. The van der Waals surface area contributed by atoms with Gasteiger partial charge in [-0.1, -0.05) is 57.9 Å². The van der Waals surface area contributed by atoms with Gasteiger partial charge in [0.25, 0.3) is 0 Å². The van der Waals surface area contributed by atoms with E-state index in [-0.39, 0.29) is 0 Å². The van der Waals surface area contributed by atoms with Crippen LogP contribution in [0.1, 0.15) is 64.7 Å². The molecule has 0 aliphatic heterocycles. The fourth-order valence-corrected chi connectivity index (χ4v) is 1.60. The fraction of sp³-hybridized carbons (Fsp3) is 0.846. The molecule has 0 bridgehead atoms. The molecule has 0 radical (unpaired) electrons. The minimum atomic E-state index is 1.23. The zero-order valence-corrected chi connectivity index (χ0v) is 10.0. The summed E-state index contributed by atoms with van der Waals surface area (Å²) in [5, 5.41) is 3.01. The molecule has 0 saturated heterocycles. The second-order valence-corrected chi connectivity index (χ2v) is 3.95. The minimum absolute atomic E-state index is 1.23. The van der Waals surface area contributed by atoms with Crippen LogP contribution in [0.3, 0.4) is 0 Å². The van der Waals surface area contributed by atoms with Crippen LogP contribution >= 0.6 is 0 Å². The summed E-state index contributed by atoms with van der Waals surface area (Å²) in [6.07, 6.45) is 16.8. The lowest BCUT2D eigenvalue weighted by atomic mass is 10.1. The molecule has 0 unspecified atom stereocenters. The van der Waals surface area contributed by atoms with Gasteiger partial charge in [0.05, 0.1) is 0 Å². The minimum Gasteiger partial charge on any atom is -0.394 e. The van der Waals surface area contributed by atoms with E-state index in [4.69, 9.17) is 0 Å². The highest BCUT2D eigenvalue weighted by Crippen LogP contribution is 2.09. The van der Waals surface area contributed by atoms with Gasteiger partial charge in [-0.3, -0.25) is 0 Å². The van der Waals surface area contributed by atoms with Crippen LogP contribution in [0.2, 0.25) is 0 Å². The quantitative estimate of drug-likeness (QED) is 0.516. The van der Waals surface area contributed by atoms with Crippen LogP contribution < -0.4 is 5.32 Å². The van der Waals surface area contributed by atoms with Crippen LogP contribution in [-0.2, 0) is 0 Å². The molecule has 0 rings (SSSR count). The SMILES string of the molecule is CCCCCCCCCC/C=C/NC. The van der Waals surface area contributed by atoms with E-state index < -0.39 is 0 Å². The molecule has 1 N–H and O–H groups in total. The molecular weight excluding hydrogens is 170 g/mol. The van der Waals surface area contributed by atoms with Crippen molar-refractivity contribution in [2.75, 3.05) is 7.05 Å². The average Bonchev–Trinajstić information content (AvgIpc) is 2.21. The first-order chi connectivity index (χ1) is 6.91. The maximum atomic E-state index is 3.01. The molecule has 84 valence electrons. The number of nitrogens with one attached hydrogen (secondary N) is 1. The molecule has 14 heavy (non-hydrogen) atoms. The van der Waals surface area contributed by atoms with Crippen molar-refractivity contribution in [2.45, 2.75) is 64.7 Å². The Morgan fingerprint density at radius 2 is 1.43 bits per heavy atom. The molecule has 0 heterocycles. The Bertz CT molecular complexity index is 118. The van der Waals surface area contributed by atoms with E-state index in [1.807, 2.05) is 13.2 Å². The zero-order valence-electron chi connectivity index (χ0n) is 10.0. The van der Waals surface area contributed by atoms with Crippen LogP contribution in [0, 0.1) is 0 Å². The van der Waals surface area contributed by atoms with E-state index in [1.54, 1.807) is 0 Å². The Morgan fingerprint density at radius 3 is 2.00 bits per heavy atom. The Labute approximate surface area is 90.0 Å². The standard InChI is InChI=1S/C13H27N/c1-3-4-5-6-7-8-9-10-11-12-13-14-2/h12-14H,3-11H2,1-2H3/b13-12+. The predicted octanol–water partition coefficient (Wildman–Crippen LogP) is 4.25. The second kappa shape index (κ2) is 12.5. The predicted molar refractivity (Wildman–Crippen MR) is 65.4 cm³/mol. The van der Waals surface area contributed by atoms with Crippen LogP contribution in [0.15, 0.2) is 12.3 Å². The van der Waals surface area contributed by atoms with E-state index in [1.165, 1.54) is 57.8 Å². The molecule has 0 saturated carbocycles. The highest BCUT2D eigenvalue weighted by atomic mass is 14.8. The third kappa shape index (κ3) is 11.5. The van der Waals surface area contributed by atoms with Gasteiger partial charge in [-0.2, -0.15) is 0 Å². The van der Waals surface area contributed by atoms with Crippen molar-refractivity contribution >= 4 is 0 Å². The summed E-state index contributed by atoms with van der Waals surface area (Å²) in [6.45, 7) is 2.27. The summed E-state index contributed by atoms with van der Waals surface area (Å²) in [5.74, 6) is 0. The molecule has 1 nitrogen and oxygen atoms in total. The number of allylic oxidation sites excluding steroid dienone is 1. The topological polar surface area (TPSA) is 12.0 Å². The van der Waals surface area contributed by atoms with Gasteiger partial charge in [0, 0.05) is 7.05 Å². The summed E-state index contributed by atoms with van der Waals surface area (Å²) in [6, 6.07) is 0. The van der Waals surface area contributed by atoms with Crippen LogP contribution in [0.5, 0.6) is 0 Å². The first-order valence-electron chi connectivity index (χ1n) is 6.24. The monoisotopic (exact) mass is 197 g/mol. The summed E-state index contributed by atoms with van der Waals surface area (Å²) >= 11 is 0. The summed E-state index contributed by atoms with van der Waals surface area (Å²) < 4.78 is 0. The normalized spacial score (nSPS) is 11.0. The van der Waals surface area contributed by atoms with Gasteiger partial charge >= 0.3 is 0 Å². The maximum absolute atomic E-state index is 3.01. The van der Waals surface area contributed by atoms with E-state index in [0.29, 0.717) is 0 Å². The highest BCUT2D eigenvalue weighted by Gasteiger charge is 1.89. The molecule has 1 heteroatoms. The van der Waals surface area contributed by atoms with Crippen LogP contribution in [0.25, 0.3) is 0 Å².